The predicted octanol–water partition coefficient (Wildman–Crippen LogP) is 2.64. The quantitative estimate of drug-likeness (QED) is 0.739. The van der Waals surface area contributed by atoms with E-state index in [2.05, 4.69) is 5.32 Å². The van der Waals surface area contributed by atoms with E-state index in [1.54, 1.807) is 0 Å². The van der Waals surface area contributed by atoms with Crippen molar-refractivity contribution in [2.75, 3.05) is 11.2 Å². The van der Waals surface area contributed by atoms with Gasteiger partial charge in [0.05, 0.1) is 0 Å². The van der Waals surface area contributed by atoms with Crippen LogP contribution < -0.4 is 5.32 Å². The van der Waals surface area contributed by atoms with Crippen LogP contribution in [-0.2, 0) is 4.79 Å². The van der Waals surface area contributed by atoms with Crippen molar-refractivity contribution in [3.63, 3.8) is 0 Å². The number of carbonyl (C=O) groups excluding carboxylic acids is 1. The number of para-hydroxylation sites is 1. The lowest BCUT2D eigenvalue weighted by atomic mass is 10.3. The fraction of sp³-hybridized carbons (Fsp3) is 0.300. The zero-order valence-corrected chi connectivity index (χ0v) is 8.05. The van der Waals surface area contributed by atoms with Gasteiger partial charge in [0.2, 0.25) is 5.91 Å². The van der Waals surface area contributed by atoms with Crippen LogP contribution in [-0.4, -0.2) is 11.8 Å². The molecule has 0 bridgehead atoms. The zero-order valence-electron chi connectivity index (χ0n) is 7.29. The monoisotopic (exact) mass is 197 g/mol. The second kappa shape index (κ2) is 5.60. The van der Waals surface area contributed by atoms with Gasteiger partial charge in [-0.2, -0.15) is 0 Å². The summed E-state index contributed by atoms with van der Waals surface area (Å²) >= 11 is 5.47. The summed E-state index contributed by atoms with van der Waals surface area (Å²) in [6.45, 7) is 0. The molecule has 0 atom stereocenters. The minimum absolute atomic E-state index is 0.0202. The normalized spacial score (nSPS) is 9.62. The van der Waals surface area contributed by atoms with E-state index in [4.69, 9.17) is 11.6 Å². The van der Waals surface area contributed by atoms with E-state index in [1.807, 2.05) is 30.3 Å². The number of amides is 1. The van der Waals surface area contributed by atoms with Crippen LogP contribution in [0.5, 0.6) is 0 Å². The first-order valence-electron chi connectivity index (χ1n) is 4.24. The fourth-order valence-corrected chi connectivity index (χ4v) is 1.11. The highest BCUT2D eigenvalue weighted by Gasteiger charge is 1.99. The first-order valence-corrected chi connectivity index (χ1v) is 4.77. The molecular formula is C10H12ClNO. The van der Waals surface area contributed by atoms with E-state index in [-0.39, 0.29) is 5.91 Å². The SMILES string of the molecule is O=C(CCCCl)Nc1ccccc1. The molecule has 1 aromatic rings. The van der Waals surface area contributed by atoms with Crippen LogP contribution in [0.2, 0.25) is 0 Å². The van der Waals surface area contributed by atoms with E-state index in [1.165, 1.54) is 0 Å². The van der Waals surface area contributed by atoms with Crippen molar-refractivity contribution >= 4 is 23.2 Å². The number of halogens is 1. The molecule has 2 nitrogen and oxygen atoms in total. The topological polar surface area (TPSA) is 29.1 Å². The summed E-state index contributed by atoms with van der Waals surface area (Å²) in [6, 6.07) is 9.40. The van der Waals surface area contributed by atoms with Gasteiger partial charge in [-0.3, -0.25) is 4.79 Å². The van der Waals surface area contributed by atoms with Gasteiger partial charge in [0.25, 0.3) is 0 Å². The van der Waals surface area contributed by atoms with Crippen LogP contribution in [0.1, 0.15) is 12.8 Å². The lowest BCUT2D eigenvalue weighted by Gasteiger charge is -2.02. The van der Waals surface area contributed by atoms with Gasteiger partial charge in [-0.15, -0.1) is 11.6 Å². The Labute approximate surface area is 82.9 Å². The molecule has 1 aromatic carbocycles. The molecule has 0 unspecified atom stereocenters. The summed E-state index contributed by atoms with van der Waals surface area (Å²) in [5.74, 6) is 0.550. The molecule has 0 aliphatic carbocycles. The first kappa shape index (κ1) is 10.1. The number of hydrogen-bond acceptors (Lipinski definition) is 1. The maximum atomic E-state index is 11.2. The van der Waals surface area contributed by atoms with Crippen molar-refractivity contribution in [1.82, 2.24) is 0 Å². The van der Waals surface area contributed by atoms with Gasteiger partial charge in [0.15, 0.2) is 0 Å². The van der Waals surface area contributed by atoms with Crippen molar-refractivity contribution < 1.29 is 4.79 Å². The third-order valence-electron chi connectivity index (χ3n) is 1.60. The Bertz CT molecular complexity index is 261. The summed E-state index contributed by atoms with van der Waals surface area (Å²) in [5.41, 5.74) is 0.835. The van der Waals surface area contributed by atoms with Crippen LogP contribution in [0.25, 0.3) is 0 Å². The first-order chi connectivity index (χ1) is 6.33. The molecule has 0 spiro atoms. The smallest absolute Gasteiger partial charge is 0.224 e. The van der Waals surface area contributed by atoms with E-state index < -0.39 is 0 Å². The van der Waals surface area contributed by atoms with Crippen LogP contribution in [0, 0.1) is 0 Å². The van der Waals surface area contributed by atoms with Crippen LogP contribution >= 0.6 is 11.6 Å². The van der Waals surface area contributed by atoms with Crippen LogP contribution in [0.3, 0.4) is 0 Å². The highest BCUT2D eigenvalue weighted by atomic mass is 35.5. The highest BCUT2D eigenvalue weighted by molar-refractivity contribution is 6.18. The summed E-state index contributed by atoms with van der Waals surface area (Å²) in [7, 11) is 0. The average Bonchev–Trinajstić information content (AvgIpc) is 2.16. The Hall–Kier alpha value is -1.02. The minimum atomic E-state index is 0.0202. The van der Waals surface area contributed by atoms with Gasteiger partial charge >= 0.3 is 0 Å². The molecule has 0 aliphatic heterocycles. The van der Waals surface area contributed by atoms with Crippen molar-refractivity contribution in [1.29, 1.82) is 0 Å². The zero-order chi connectivity index (χ0) is 9.52. The van der Waals surface area contributed by atoms with Gasteiger partial charge in [-0.05, 0) is 18.6 Å². The number of nitrogens with one attached hydrogen (secondary N) is 1. The van der Waals surface area contributed by atoms with Crippen LogP contribution in [0.4, 0.5) is 5.69 Å². The van der Waals surface area contributed by atoms with Crippen molar-refractivity contribution in [2.45, 2.75) is 12.8 Å². The second-order valence-electron chi connectivity index (χ2n) is 2.71. The van der Waals surface area contributed by atoms with Gasteiger partial charge in [-0.25, -0.2) is 0 Å². The number of anilines is 1. The molecule has 0 radical (unpaired) electrons. The Morgan fingerprint density at radius 3 is 2.62 bits per heavy atom. The summed E-state index contributed by atoms with van der Waals surface area (Å²) in [5, 5.41) is 2.78. The lowest BCUT2D eigenvalue weighted by Crippen LogP contribution is -2.10. The Balaban J connectivity index is 2.37. The largest absolute Gasteiger partial charge is 0.326 e. The minimum Gasteiger partial charge on any atom is -0.326 e. The molecule has 1 N–H and O–H groups in total. The Morgan fingerprint density at radius 1 is 1.31 bits per heavy atom. The molecule has 70 valence electrons. The number of alkyl halides is 1. The molecule has 1 rings (SSSR count). The van der Waals surface area contributed by atoms with Gasteiger partial charge < -0.3 is 5.32 Å². The van der Waals surface area contributed by atoms with Crippen LogP contribution in [0.15, 0.2) is 30.3 Å². The average molecular weight is 198 g/mol. The van der Waals surface area contributed by atoms with E-state index in [0.29, 0.717) is 12.3 Å². The fourth-order valence-electron chi connectivity index (χ4n) is 0.972. The molecule has 0 saturated carbocycles. The molecule has 0 heterocycles. The maximum Gasteiger partial charge on any atom is 0.224 e. The Kier molecular flexibility index (Phi) is 4.33. The Morgan fingerprint density at radius 2 is 2.00 bits per heavy atom. The number of carbonyl (C=O) groups is 1. The summed E-state index contributed by atoms with van der Waals surface area (Å²) < 4.78 is 0. The van der Waals surface area contributed by atoms with Gasteiger partial charge in [0, 0.05) is 18.0 Å². The molecular weight excluding hydrogens is 186 g/mol. The highest BCUT2D eigenvalue weighted by Crippen LogP contribution is 2.05. The van der Waals surface area contributed by atoms with Crippen molar-refractivity contribution in [2.24, 2.45) is 0 Å². The molecule has 0 aromatic heterocycles. The molecule has 0 fully saturated rings. The second-order valence-corrected chi connectivity index (χ2v) is 3.08. The number of benzene rings is 1. The summed E-state index contributed by atoms with van der Waals surface area (Å²) in [6.07, 6.45) is 1.21. The van der Waals surface area contributed by atoms with E-state index >= 15 is 0 Å². The van der Waals surface area contributed by atoms with Crippen molar-refractivity contribution in [3.8, 4) is 0 Å². The third-order valence-corrected chi connectivity index (χ3v) is 1.86. The lowest BCUT2D eigenvalue weighted by molar-refractivity contribution is -0.116. The molecule has 1 amide bonds. The molecule has 0 saturated heterocycles. The van der Waals surface area contributed by atoms with Gasteiger partial charge in [0.1, 0.15) is 0 Å². The number of rotatable bonds is 4. The third kappa shape index (κ3) is 3.95. The maximum absolute atomic E-state index is 11.2. The van der Waals surface area contributed by atoms with E-state index in [0.717, 1.165) is 12.1 Å². The molecule has 3 heteroatoms. The molecule has 0 aliphatic rings. The predicted molar refractivity (Wildman–Crippen MR) is 55.0 cm³/mol. The standard InChI is InChI=1S/C10H12ClNO/c11-8-4-7-10(13)12-9-5-2-1-3-6-9/h1-3,5-6H,4,7-8H2,(H,12,13). The van der Waals surface area contributed by atoms with Crippen molar-refractivity contribution in [3.05, 3.63) is 30.3 Å². The molecule has 13 heavy (non-hydrogen) atoms. The van der Waals surface area contributed by atoms with Gasteiger partial charge in [-0.1, -0.05) is 18.2 Å². The summed E-state index contributed by atoms with van der Waals surface area (Å²) in [4.78, 5) is 11.2. The number of hydrogen-bond donors (Lipinski definition) is 1. The van der Waals surface area contributed by atoms with E-state index in [9.17, 15) is 4.79 Å².